The maximum absolute atomic E-state index is 13.6. The molecular formula is C26H26FNO3. The summed E-state index contributed by atoms with van der Waals surface area (Å²) in [6, 6.07) is 26.4. The predicted molar refractivity (Wildman–Crippen MR) is 116 cm³/mol. The van der Waals surface area contributed by atoms with E-state index < -0.39 is 11.3 Å². The molecule has 3 aromatic carbocycles. The van der Waals surface area contributed by atoms with Crippen LogP contribution in [0.1, 0.15) is 29.2 Å². The summed E-state index contributed by atoms with van der Waals surface area (Å²) >= 11 is 0. The SMILES string of the molecule is O[C@]1(c2ccccc2)COCC2(C1)OC[C@H](c1ccc(F)cc1)N2Cc1ccccc1. The molecule has 0 amide bonds. The van der Waals surface area contributed by atoms with Gasteiger partial charge in [-0.15, -0.1) is 0 Å². The number of nitrogens with zero attached hydrogens (tertiary/aromatic N) is 1. The van der Waals surface area contributed by atoms with Crippen LogP contribution in [0.2, 0.25) is 0 Å². The number of aliphatic hydroxyl groups is 1. The van der Waals surface area contributed by atoms with Gasteiger partial charge in [0, 0.05) is 13.0 Å². The van der Waals surface area contributed by atoms with Gasteiger partial charge < -0.3 is 14.6 Å². The zero-order chi connectivity index (χ0) is 21.3. The Morgan fingerprint density at radius 3 is 2.29 bits per heavy atom. The van der Waals surface area contributed by atoms with Crippen molar-refractivity contribution in [1.29, 1.82) is 0 Å². The van der Waals surface area contributed by atoms with Crippen molar-refractivity contribution >= 4 is 0 Å². The van der Waals surface area contributed by atoms with E-state index in [0.717, 1.165) is 16.7 Å². The van der Waals surface area contributed by atoms with Crippen LogP contribution in [-0.4, -0.2) is 35.6 Å². The van der Waals surface area contributed by atoms with E-state index >= 15 is 0 Å². The number of benzene rings is 3. The normalized spacial score (nSPS) is 28.8. The summed E-state index contributed by atoms with van der Waals surface area (Å²) in [5, 5.41) is 11.6. The molecule has 1 N–H and O–H groups in total. The topological polar surface area (TPSA) is 41.9 Å². The highest BCUT2D eigenvalue weighted by molar-refractivity contribution is 5.27. The third-order valence-corrected chi connectivity index (χ3v) is 6.41. The highest BCUT2D eigenvalue weighted by atomic mass is 19.1. The van der Waals surface area contributed by atoms with Crippen molar-refractivity contribution in [2.24, 2.45) is 0 Å². The number of rotatable bonds is 4. The van der Waals surface area contributed by atoms with Gasteiger partial charge >= 0.3 is 0 Å². The van der Waals surface area contributed by atoms with Crippen molar-refractivity contribution in [3.05, 3.63) is 107 Å². The third kappa shape index (κ3) is 3.90. The summed E-state index contributed by atoms with van der Waals surface area (Å²) in [5.74, 6) is -0.258. The van der Waals surface area contributed by atoms with Gasteiger partial charge in [-0.05, 0) is 28.8 Å². The number of hydrogen-bond donors (Lipinski definition) is 1. The Kier molecular flexibility index (Phi) is 5.36. The van der Waals surface area contributed by atoms with Gasteiger partial charge in [0.25, 0.3) is 0 Å². The molecule has 3 atom stereocenters. The number of hydrogen-bond acceptors (Lipinski definition) is 4. The van der Waals surface area contributed by atoms with Crippen LogP contribution >= 0.6 is 0 Å². The molecule has 1 spiro atoms. The minimum atomic E-state index is -1.15. The largest absolute Gasteiger partial charge is 0.383 e. The van der Waals surface area contributed by atoms with Crippen molar-refractivity contribution in [3.8, 4) is 0 Å². The van der Waals surface area contributed by atoms with E-state index in [-0.39, 0.29) is 18.5 Å². The zero-order valence-electron chi connectivity index (χ0n) is 17.3. The molecule has 0 aliphatic carbocycles. The third-order valence-electron chi connectivity index (χ3n) is 6.41. The van der Waals surface area contributed by atoms with Gasteiger partial charge in [-0.25, -0.2) is 4.39 Å². The van der Waals surface area contributed by atoms with E-state index in [4.69, 9.17) is 9.47 Å². The van der Waals surface area contributed by atoms with Crippen molar-refractivity contribution in [1.82, 2.24) is 4.90 Å². The standard InChI is InChI=1S/C26H26FNO3/c27-23-13-11-21(12-14-23)24-16-31-26(28(24)15-20-7-3-1-4-8-20)17-25(29,18-30-19-26)22-9-5-2-6-10-22/h1-14,24,29H,15-19H2/t24-,25+,26?/m1/s1. The molecule has 1 unspecified atom stereocenters. The fraction of sp³-hybridized carbons (Fsp3) is 0.308. The summed E-state index contributed by atoms with van der Waals surface area (Å²) in [6.45, 7) is 1.68. The lowest BCUT2D eigenvalue weighted by molar-refractivity contribution is -0.231. The Balaban J connectivity index is 1.52. The molecule has 160 valence electrons. The first kappa shape index (κ1) is 20.3. The van der Waals surface area contributed by atoms with Crippen LogP contribution in [0.25, 0.3) is 0 Å². The lowest BCUT2D eigenvalue weighted by Crippen LogP contribution is -2.58. The summed E-state index contributed by atoms with van der Waals surface area (Å²) in [7, 11) is 0. The molecular weight excluding hydrogens is 393 g/mol. The summed E-state index contributed by atoms with van der Waals surface area (Å²) < 4.78 is 26.0. The molecule has 5 heteroatoms. The maximum Gasteiger partial charge on any atom is 0.149 e. The van der Waals surface area contributed by atoms with Gasteiger partial charge in [0.15, 0.2) is 0 Å². The smallest absolute Gasteiger partial charge is 0.149 e. The average Bonchev–Trinajstić information content (AvgIpc) is 3.12. The van der Waals surface area contributed by atoms with Crippen molar-refractivity contribution in [3.63, 3.8) is 0 Å². The Bertz CT molecular complexity index is 1010. The van der Waals surface area contributed by atoms with Gasteiger partial charge in [-0.3, -0.25) is 4.90 Å². The van der Waals surface area contributed by atoms with Gasteiger partial charge in [0.2, 0.25) is 0 Å². The second-order valence-electron chi connectivity index (χ2n) is 8.51. The highest BCUT2D eigenvalue weighted by Crippen LogP contribution is 2.47. The predicted octanol–water partition coefficient (Wildman–Crippen LogP) is 4.40. The molecule has 2 fully saturated rings. The van der Waals surface area contributed by atoms with Gasteiger partial charge in [-0.2, -0.15) is 0 Å². The van der Waals surface area contributed by atoms with Gasteiger partial charge in [0.05, 0.1) is 25.9 Å². The van der Waals surface area contributed by atoms with Crippen LogP contribution in [0.4, 0.5) is 4.39 Å². The van der Waals surface area contributed by atoms with Crippen LogP contribution in [0, 0.1) is 5.82 Å². The molecule has 2 saturated heterocycles. The minimum Gasteiger partial charge on any atom is -0.383 e. The lowest BCUT2D eigenvalue weighted by atomic mass is 9.83. The Hall–Kier alpha value is -2.57. The quantitative estimate of drug-likeness (QED) is 0.681. The van der Waals surface area contributed by atoms with E-state index in [9.17, 15) is 9.50 Å². The first-order chi connectivity index (χ1) is 15.1. The number of ether oxygens (including phenoxy) is 2. The van der Waals surface area contributed by atoms with Gasteiger partial charge in [-0.1, -0.05) is 72.8 Å². The van der Waals surface area contributed by atoms with Crippen LogP contribution in [-0.2, 0) is 21.6 Å². The van der Waals surface area contributed by atoms with Crippen molar-refractivity contribution < 1.29 is 19.0 Å². The number of halogens is 1. The van der Waals surface area contributed by atoms with Crippen LogP contribution < -0.4 is 0 Å². The molecule has 4 nitrogen and oxygen atoms in total. The van der Waals surface area contributed by atoms with E-state index in [1.54, 1.807) is 0 Å². The molecule has 0 saturated carbocycles. The van der Waals surface area contributed by atoms with Gasteiger partial charge in [0.1, 0.15) is 17.1 Å². The zero-order valence-corrected chi connectivity index (χ0v) is 17.3. The maximum atomic E-state index is 13.6. The Labute approximate surface area is 181 Å². The average molecular weight is 419 g/mol. The fourth-order valence-electron chi connectivity index (χ4n) is 4.84. The first-order valence-electron chi connectivity index (χ1n) is 10.6. The highest BCUT2D eigenvalue weighted by Gasteiger charge is 2.55. The minimum absolute atomic E-state index is 0.0671. The van der Waals surface area contributed by atoms with E-state index in [1.165, 1.54) is 12.1 Å². The van der Waals surface area contributed by atoms with E-state index in [0.29, 0.717) is 26.2 Å². The molecule has 2 aliphatic heterocycles. The second kappa shape index (κ2) is 8.17. The van der Waals surface area contributed by atoms with Crippen LogP contribution in [0.15, 0.2) is 84.9 Å². The molecule has 31 heavy (non-hydrogen) atoms. The van der Waals surface area contributed by atoms with Crippen molar-refractivity contribution in [2.45, 2.75) is 30.3 Å². The second-order valence-corrected chi connectivity index (χ2v) is 8.51. The van der Waals surface area contributed by atoms with Crippen LogP contribution in [0.5, 0.6) is 0 Å². The molecule has 2 aliphatic rings. The molecule has 5 rings (SSSR count). The molecule has 0 aromatic heterocycles. The van der Waals surface area contributed by atoms with Crippen LogP contribution in [0.3, 0.4) is 0 Å². The van der Waals surface area contributed by atoms with E-state index in [2.05, 4.69) is 17.0 Å². The summed E-state index contributed by atoms with van der Waals surface area (Å²) in [4.78, 5) is 2.27. The summed E-state index contributed by atoms with van der Waals surface area (Å²) in [5.41, 5.74) is 1.03. The Morgan fingerprint density at radius 2 is 1.58 bits per heavy atom. The van der Waals surface area contributed by atoms with Crippen molar-refractivity contribution in [2.75, 3.05) is 19.8 Å². The molecule has 3 aromatic rings. The lowest BCUT2D eigenvalue weighted by Gasteiger charge is -2.47. The Morgan fingerprint density at radius 1 is 0.903 bits per heavy atom. The summed E-state index contributed by atoms with van der Waals surface area (Å²) in [6.07, 6.45) is 0.397. The molecule has 0 bridgehead atoms. The monoisotopic (exact) mass is 419 g/mol. The first-order valence-corrected chi connectivity index (χ1v) is 10.6. The van der Waals surface area contributed by atoms with E-state index in [1.807, 2.05) is 60.7 Å². The molecule has 2 heterocycles. The molecule has 0 radical (unpaired) electrons. The fourth-order valence-corrected chi connectivity index (χ4v) is 4.84.